The van der Waals surface area contributed by atoms with Crippen LogP contribution >= 0.6 is 0 Å². The van der Waals surface area contributed by atoms with Gasteiger partial charge in [-0.25, -0.2) is 0 Å². The van der Waals surface area contributed by atoms with Crippen LogP contribution in [-0.4, -0.2) is 30.8 Å². The van der Waals surface area contributed by atoms with Crippen molar-refractivity contribution in [3.8, 4) is 0 Å². The summed E-state index contributed by atoms with van der Waals surface area (Å²) < 4.78 is 0. The zero-order chi connectivity index (χ0) is 12.5. The molecule has 94 valence electrons. The van der Waals surface area contributed by atoms with E-state index in [-0.39, 0.29) is 0 Å². The summed E-state index contributed by atoms with van der Waals surface area (Å²) in [6.07, 6.45) is 4.40. The Morgan fingerprint density at radius 2 is 1.82 bits per heavy atom. The SMILES string of the molecule is CCCN(CC)CCCc1ccc(C=O)cc1. The number of hydrogen-bond acceptors (Lipinski definition) is 2. The lowest BCUT2D eigenvalue weighted by Gasteiger charge is -2.19. The highest BCUT2D eigenvalue weighted by Gasteiger charge is 2.00. The number of carbonyl (C=O) groups excluding carboxylic acids is 1. The lowest BCUT2D eigenvalue weighted by molar-refractivity contribution is 0.112. The van der Waals surface area contributed by atoms with Crippen molar-refractivity contribution in [1.82, 2.24) is 4.90 Å². The molecule has 0 aliphatic rings. The largest absolute Gasteiger partial charge is 0.304 e. The van der Waals surface area contributed by atoms with E-state index in [1.54, 1.807) is 0 Å². The van der Waals surface area contributed by atoms with E-state index in [0.717, 1.165) is 24.8 Å². The second-order valence-corrected chi connectivity index (χ2v) is 4.40. The third-order valence-electron chi connectivity index (χ3n) is 3.04. The van der Waals surface area contributed by atoms with Crippen LogP contribution < -0.4 is 0 Å². The van der Waals surface area contributed by atoms with E-state index in [2.05, 4.69) is 30.9 Å². The molecule has 0 spiro atoms. The highest BCUT2D eigenvalue weighted by molar-refractivity contribution is 5.74. The first-order chi connectivity index (χ1) is 8.30. The molecule has 0 saturated carbocycles. The molecule has 0 saturated heterocycles. The van der Waals surface area contributed by atoms with Gasteiger partial charge in [-0.2, -0.15) is 0 Å². The van der Waals surface area contributed by atoms with Crippen LogP contribution in [0.15, 0.2) is 24.3 Å². The van der Waals surface area contributed by atoms with Crippen molar-refractivity contribution >= 4 is 6.29 Å². The summed E-state index contributed by atoms with van der Waals surface area (Å²) in [5.74, 6) is 0. The molecular weight excluding hydrogens is 210 g/mol. The van der Waals surface area contributed by atoms with Gasteiger partial charge in [0.05, 0.1) is 0 Å². The first-order valence-corrected chi connectivity index (χ1v) is 6.56. The lowest BCUT2D eigenvalue weighted by atomic mass is 10.1. The number of aryl methyl sites for hydroxylation is 1. The molecule has 1 aromatic carbocycles. The molecule has 0 heterocycles. The Morgan fingerprint density at radius 3 is 2.35 bits per heavy atom. The topological polar surface area (TPSA) is 20.3 Å². The van der Waals surface area contributed by atoms with Gasteiger partial charge >= 0.3 is 0 Å². The second kappa shape index (κ2) is 8.02. The fourth-order valence-electron chi connectivity index (χ4n) is 2.01. The standard InChI is InChI=1S/C15H23NO/c1-3-11-16(4-2)12-5-6-14-7-9-15(13-17)10-8-14/h7-10,13H,3-6,11-12H2,1-2H3. The van der Waals surface area contributed by atoms with Crippen molar-refractivity contribution in [3.05, 3.63) is 35.4 Å². The van der Waals surface area contributed by atoms with E-state index in [1.807, 2.05) is 12.1 Å². The van der Waals surface area contributed by atoms with Crippen molar-refractivity contribution < 1.29 is 4.79 Å². The summed E-state index contributed by atoms with van der Waals surface area (Å²) >= 11 is 0. The summed E-state index contributed by atoms with van der Waals surface area (Å²) in [4.78, 5) is 13.0. The van der Waals surface area contributed by atoms with Crippen molar-refractivity contribution in [1.29, 1.82) is 0 Å². The molecule has 0 bridgehead atoms. The molecule has 2 nitrogen and oxygen atoms in total. The molecule has 2 heteroatoms. The Kier molecular flexibility index (Phi) is 6.56. The Balaban J connectivity index is 2.31. The highest BCUT2D eigenvalue weighted by Crippen LogP contribution is 2.06. The number of carbonyl (C=O) groups is 1. The fraction of sp³-hybridized carbons (Fsp3) is 0.533. The van der Waals surface area contributed by atoms with Gasteiger partial charge in [0, 0.05) is 5.56 Å². The van der Waals surface area contributed by atoms with Gasteiger partial charge in [0.1, 0.15) is 6.29 Å². The summed E-state index contributed by atoms with van der Waals surface area (Å²) in [5.41, 5.74) is 2.08. The van der Waals surface area contributed by atoms with Crippen LogP contribution in [0.3, 0.4) is 0 Å². The van der Waals surface area contributed by atoms with E-state index in [1.165, 1.54) is 31.5 Å². The molecule has 0 atom stereocenters. The number of hydrogen-bond donors (Lipinski definition) is 0. The minimum Gasteiger partial charge on any atom is -0.304 e. The van der Waals surface area contributed by atoms with Crippen LogP contribution in [0.1, 0.15) is 42.6 Å². The third kappa shape index (κ3) is 5.14. The molecule has 0 N–H and O–H groups in total. The molecule has 0 aliphatic heterocycles. The highest BCUT2D eigenvalue weighted by atomic mass is 16.1. The van der Waals surface area contributed by atoms with Gasteiger partial charge in [-0.15, -0.1) is 0 Å². The minimum absolute atomic E-state index is 0.759. The molecule has 0 fully saturated rings. The van der Waals surface area contributed by atoms with Crippen molar-refractivity contribution in [2.24, 2.45) is 0 Å². The van der Waals surface area contributed by atoms with E-state index in [9.17, 15) is 4.79 Å². The average Bonchev–Trinajstić information content (AvgIpc) is 2.38. The van der Waals surface area contributed by atoms with Crippen LogP contribution in [-0.2, 0) is 6.42 Å². The van der Waals surface area contributed by atoms with E-state index < -0.39 is 0 Å². The minimum atomic E-state index is 0.759. The Morgan fingerprint density at radius 1 is 1.12 bits per heavy atom. The van der Waals surface area contributed by atoms with Crippen LogP contribution in [0.5, 0.6) is 0 Å². The number of benzene rings is 1. The zero-order valence-corrected chi connectivity index (χ0v) is 11.0. The fourth-order valence-corrected chi connectivity index (χ4v) is 2.01. The maximum Gasteiger partial charge on any atom is 0.150 e. The van der Waals surface area contributed by atoms with E-state index in [0.29, 0.717) is 0 Å². The lowest BCUT2D eigenvalue weighted by Crippen LogP contribution is -2.25. The van der Waals surface area contributed by atoms with Gasteiger partial charge in [-0.1, -0.05) is 38.1 Å². The normalized spacial score (nSPS) is 10.8. The number of aldehydes is 1. The quantitative estimate of drug-likeness (QED) is 0.643. The predicted octanol–water partition coefficient (Wildman–Crippen LogP) is 3.16. The molecule has 0 unspecified atom stereocenters. The maximum atomic E-state index is 10.5. The Hall–Kier alpha value is -1.15. The number of nitrogens with zero attached hydrogens (tertiary/aromatic N) is 1. The molecule has 0 radical (unpaired) electrons. The molecule has 0 amide bonds. The summed E-state index contributed by atoms with van der Waals surface area (Å²) in [6, 6.07) is 7.90. The average molecular weight is 233 g/mol. The van der Waals surface area contributed by atoms with Gasteiger partial charge in [-0.3, -0.25) is 4.79 Å². The zero-order valence-electron chi connectivity index (χ0n) is 11.0. The molecule has 1 rings (SSSR count). The smallest absolute Gasteiger partial charge is 0.150 e. The predicted molar refractivity (Wildman–Crippen MR) is 72.6 cm³/mol. The van der Waals surface area contributed by atoms with Crippen molar-refractivity contribution in [3.63, 3.8) is 0 Å². The number of rotatable bonds is 8. The Labute approximate surface area is 105 Å². The summed E-state index contributed by atoms with van der Waals surface area (Å²) in [5, 5.41) is 0. The van der Waals surface area contributed by atoms with Crippen LogP contribution in [0, 0.1) is 0 Å². The van der Waals surface area contributed by atoms with E-state index >= 15 is 0 Å². The first kappa shape index (κ1) is 13.9. The first-order valence-electron chi connectivity index (χ1n) is 6.56. The molecule has 0 aliphatic carbocycles. The molecule has 0 aromatic heterocycles. The maximum absolute atomic E-state index is 10.5. The second-order valence-electron chi connectivity index (χ2n) is 4.40. The van der Waals surface area contributed by atoms with Gasteiger partial charge in [-0.05, 0) is 44.5 Å². The van der Waals surface area contributed by atoms with Crippen LogP contribution in [0.4, 0.5) is 0 Å². The van der Waals surface area contributed by atoms with Gasteiger partial charge in [0.15, 0.2) is 0 Å². The monoisotopic (exact) mass is 233 g/mol. The summed E-state index contributed by atoms with van der Waals surface area (Å²) in [6.45, 7) is 7.94. The van der Waals surface area contributed by atoms with Gasteiger partial charge in [0.2, 0.25) is 0 Å². The molecule has 17 heavy (non-hydrogen) atoms. The van der Waals surface area contributed by atoms with Crippen LogP contribution in [0.25, 0.3) is 0 Å². The molecule has 1 aromatic rings. The van der Waals surface area contributed by atoms with Gasteiger partial charge in [0.25, 0.3) is 0 Å². The van der Waals surface area contributed by atoms with Crippen molar-refractivity contribution in [2.75, 3.05) is 19.6 Å². The summed E-state index contributed by atoms with van der Waals surface area (Å²) in [7, 11) is 0. The van der Waals surface area contributed by atoms with Gasteiger partial charge < -0.3 is 4.90 Å². The Bertz CT molecular complexity index is 318. The van der Waals surface area contributed by atoms with Crippen molar-refractivity contribution in [2.45, 2.75) is 33.1 Å². The third-order valence-corrected chi connectivity index (χ3v) is 3.04. The molecular formula is C15H23NO. The van der Waals surface area contributed by atoms with Crippen LogP contribution in [0.2, 0.25) is 0 Å². The van der Waals surface area contributed by atoms with E-state index in [4.69, 9.17) is 0 Å².